The van der Waals surface area contributed by atoms with Crippen LogP contribution in [0.25, 0.3) is 0 Å². The molecule has 3 aromatic rings. The number of hydrogen-bond donors (Lipinski definition) is 1. The van der Waals surface area contributed by atoms with Crippen molar-refractivity contribution in [3.05, 3.63) is 94.3 Å². The van der Waals surface area contributed by atoms with Crippen molar-refractivity contribution in [2.45, 2.75) is 20.0 Å². The number of amides is 1. The van der Waals surface area contributed by atoms with Gasteiger partial charge in [0.15, 0.2) is 0 Å². The van der Waals surface area contributed by atoms with Gasteiger partial charge in [0, 0.05) is 22.5 Å². The molecule has 142 valence electrons. The third-order valence-corrected chi connectivity index (χ3v) is 4.38. The van der Waals surface area contributed by atoms with Gasteiger partial charge in [0.05, 0.1) is 0 Å². The lowest BCUT2D eigenvalue weighted by atomic mass is 10.1. The molecule has 0 spiro atoms. The van der Waals surface area contributed by atoms with Crippen molar-refractivity contribution in [2.75, 3.05) is 5.32 Å². The lowest BCUT2D eigenvalue weighted by Crippen LogP contribution is -2.26. The van der Waals surface area contributed by atoms with Gasteiger partial charge < -0.3 is 10.1 Å². The van der Waals surface area contributed by atoms with Gasteiger partial charge in [-0.15, -0.1) is 0 Å². The normalized spacial score (nSPS) is 11.5. The van der Waals surface area contributed by atoms with Gasteiger partial charge in [0.25, 0.3) is 5.91 Å². The predicted octanol–water partition coefficient (Wildman–Crippen LogP) is 4.89. The third kappa shape index (κ3) is 4.75. The molecular weight excluding hydrogens is 376 g/mol. The Balaban J connectivity index is 1.88. The van der Waals surface area contributed by atoms with E-state index in [-0.39, 0.29) is 5.69 Å². The second kappa shape index (κ2) is 8.67. The van der Waals surface area contributed by atoms with Crippen LogP contribution in [0.3, 0.4) is 0 Å². The summed E-state index contributed by atoms with van der Waals surface area (Å²) in [5.41, 5.74) is 3.18. The fraction of sp³-hybridized carbons (Fsp3) is 0.136. The third-order valence-electron chi connectivity index (χ3n) is 4.15. The Hall–Kier alpha value is -3.18. The molecule has 0 aliphatic rings. The van der Waals surface area contributed by atoms with Crippen LogP contribution in [0.5, 0.6) is 0 Å². The zero-order valence-electron chi connectivity index (χ0n) is 15.5. The minimum Gasteiger partial charge on any atom is -0.443 e. The van der Waals surface area contributed by atoms with E-state index in [1.54, 1.807) is 30.3 Å². The summed E-state index contributed by atoms with van der Waals surface area (Å²) in [7, 11) is 0. The molecule has 5 nitrogen and oxygen atoms in total. The number of aromatic nitrogens is 1. The molecular formula is C22H19ClN2O3. The van der Waals surface area contributed by atoms with Crippen LogP contribution in [-0.2, 0) is 9.53 Å². The molecule has 0 unspecified atom stereocenters. The van der Waals surface area contributed by atoms with E-state index < -0.39 is 18.0 Å². The molecule has 3 rings (SSSR count). The Kier molecular flexibility index (Phi) is 6.06. The average Bonchev–Trinajstić information content (AvgIpc) is 2.69. The molecule has 0 radical (unpaired) electrons. The van der Waals surface area contributed by atoms with Crippen molar-refractivity contribution < 1.29 is 14.3 Å². The van der Waals surface area contributed by atoms with Crippen LogP contribution in [0.1, 0.15) is 33.3 Å². The molecule has 0 bridgehead atoms. The minimum atomic E-state index is -1.13. The van der Waals surface area contributed by atoms with Crippen molar-refractivity contribution in [1.82, 2.24) is 4.98 Å². The van der Waals surface area contributed by atoms with E-state index in [0.717, 1.165) is 11.1 Å². The Labute approximate surface area is 168 Å². The SMILES string of the molecule is Cc1ccc(C)c(NC(=O)[C@@H](OC(=O)c2cc(Cl)ccn2)c2ccccc2)c1. The molecule has 2 aromatic carbocycles. The Morgan fingerprint density at radius 3 is 2.50 bits per heavy atom. The number of pyridine rings is 1. The van der Waals surface area contributed by atoms with Crippen LogP contribution in [0.15, 0.2) is 66.9 Å². The Bertz CT molecular complexity index is 1010. The lowest BCUT2D eigenvalue weighted by Gasteiger charge is -2.19. The van der Waals surface area contributed by atoms with Gasteiger partial charge in [-0.3, -0.25) is 4.79 Å². The smallest absolute Gasteiger partial charge is 0.358 e. The summed E-state index contributed by atoms with van der Waals surface area (Å²) < 4.78 is 5.51. The number of nitrogens with one attached hydrogen (secondary N) is 1. The summed E-state index contributed by atoms with van der Waals surface area (Å²) in [6, 6.07) is 17.5. The molecule has 0 fully saturated rings. The first-order chi connectivity index (χ1) is 13.4. The highest BCUT2D eigenvalue weighted by Gasteiger charge is 2.26. The van der Waals surface area contributed by atoms with E-state index in [4.69, 9.17) is 16.3 Å². The van der Waals surface area contributed by atoms with Gasteiger partial charge >= 0.3 is 5.97 Å². The maximum absolute atomic E-state index is 13.0. The first-order valence-corrected chi connectivity index (χ1v) is 9.07. The standard InChI is InChI=1S/C22H19ClN2O3/c1-14-8-9-15(2)18(12-14)25-21(26)20(16-6-4-3-5-7-16)28-22(27)19-13-17(23)10-11-24-19/h3-13,20H,1-2H3,(H,25,26)/t20-/m0/s1. The summed E-state index contributed by atoms with van der Waals surface area (Å²) >= 11 is 5.92. The fourth-order valence-corrected chi connectivity index (χ4v) is 2.81. The number of esters is 1. The quantitative estimate of drug-likeness (QED) is 0.625. The van der Waals surface area contributed by atoms with Gasteiger partial charge in [0.2, 0.25) is 6.10 Å². The number of halogens is 1. The Morgan fingerprint density at radius 2 is 1.79 bits per heavy atom. The van der Waals surface area contributed by atoms with E-state index in [1.165, 1.54) is 12.3 Å². The number of carbonyl (C=O) groups is 2. The average molecular weight is 395 g/mol. The second-order valence-corrected chi connectivity index (χ2v) is 6.80. The summed E-state index contributed by atoms with van der Waals surface area (Å²) in [6.45, 7) is 3.84. The largest absolute Gasteiger partial charge is 0.443 e. The fourth-order valence-electron chi connectivity index (χ4n) is 2.65. The lowest BCUT2D eigenvalue weighted by molar-refractivity contribution is -0.125. The molecule has 0 aliphatic carbocycles. The maximum Gasteiger partial charge on any atom is 0.358 e. The van der Waals surface area contributed by atoms with E-state index in [9.17, 15) is 9.59 Å². The number of aryl methyl sites for hydroxylation is 2. The Morgan fingerprint density at radius 1 is 1.04 bits per heavy atom. The number of ether oxygens (including phenoxy) is 1. The van der Waals surface area contributed by atoms with Gasteiger partial charge in [0.1, 0.15) is 5.69 Å². The first kappa shape index (κ1) is 19.6. The van der Waals surface area contributed by atoms with E-state index in [0.29, 0.717) is 16.3 Å². The maximum atomic E-state index is 13.0. The van der Waals surface area contributed by atoms with Gasteiger partial charge in [-0.1, -0.05) is 54.1 Å². The molecule has 1 amide bonds. The monoisotopic (exact) mass is 394 g/mol. The van der Waals surface area contributed by atoms with Gasteiger partial charge in [-0.05, 0) is 43.2 Å². The zero-order chi connectivity index (χ0) is 20.1. The van der Waals surface area contributed by atoms with Crippen LogP contribution >= 0.6 is 11.6 Å². The predicted molar refractivity (Wildman–Crippen MR) is 108 cm³/mol. The van der Waals surface area contributed by atoms with Crippen molar-refractivity contribution in [3.63, 3.8) is 0 Å². The molecule has 0 saturated heterocycles. The van der Waals surface area contributed by atoms with E-state index in [1.807, 2.05) is 38.1 Å². The number of carbonyl (C=O) groups excluding carboxylic acids is 2. The first-order valence-electron chi connectivity index (χ1n) is 8.69. The summed E-state index contributed by atoms with van der Waals surface area (Å²) in [5.74, 6) is -1.18. The second-order valence-electron chi connectivity index (χ2n) is 6.36. The molecule has 1 atom stereocenters. The summed E-state index contributed by atoms with van der Waals surface area (Å²) in [5, 5.41) is 3.21. The molecule has 0 aliphatic heterocycles. The van der Waals surface area contributed by atoms with Crippen LogP contribution in [0, 0.1) is 13.8 Å². The highest BCUT2D eigenvalue weighted by atomic mass is 35.5. The molecule has 28 heavy (non-hydrogen) atoms. The molecule has 0 saturated carbocycles. The summed E-state index contributed by atoms with van der Waals surface area (Å²) in [4.78, 5) is 29.5. The van der Waals surface area contributed by atoms with Crippen LogP contribution in [0.2, 0.25) is 5.02 Å². The van der Waals surface area contributed by atoms with Crippen molar-refractivity contribution in [3.8, 4) is 0 Å². The minimum absolute atomic E-state index is 0.0352. The number of rotatable bonds is 5. The zero-order valence-corrected chi connectivity index (χ0v) is 16.2. The van der Waals surface area contributed by atoms with Gasteiger partial charge in [-0.2, -0.15) is 0 Å². The highest BCUT2D eigenvalue weighted by molar-refractivity contribution is 6.30. The highest BCUT2D eigenvalue weighted by Crippen LogP contribution is 2.24. The van der Waals surface area contributed by atoms with E-state index in [2.05, 4.69) is 10.3 Å². The molecule has 6 heteroatoms. The summed E-state index contributed by atoms with van der Waals surface area (Å²) in [6.07, 6.45) is 0.279. The molecule has 1 aromatic heterocycles. The van der Waals surface area contributed by atoms with Crippen LogP contribution in [-0.4, -0.2) is 16.9 Å². The molecule has 1 N–H and O–H groups in total. The number of anilines is 1. The van der Waals surface area contributed by atoms with Crippen molar-refractivity contribution in [2.24, 2.45) is 0 Å². The number of nitrogens with zero attached hydrogens (tertiary/aromatic N) is 1. The number of benzene rings is 2. The number of hydrogen-bond acceptors (Lipinski definition) is 4. The molecule has 1 heterocycles. The van der Waals surface area contributed by atoms with Crippen LogP contribution in [0.4, 0.5) is 5.69 Å². The van der Waals surface area contributed by atoms with Crippen molar-refractivity contribution >= 4 is 29.2 Å². The van der Waals surface area contributed by atoms with E-state index >= 15 is 0 Å². The van der Waals surface area contributed by atoms with Crippen LogP contribution < -0.4 is 5.32 Å². The topological polar surface area (TPSA) is 68.3 Å². The van der Waals surface area contributed by atoms with Crippen molar-refractivity contribution in [1.29, 1.82) is 0 Å². The van der Waals surface area contributed by atoms with Gasteiger partial charge in [-0.25, -0.2) is 9.78 Å².